The average molecular weight is 290 g/mol. The molecule has 110 valence electrons. The van der Waals surface area contributed by atoms with Gasteiger partial charge in [0.2, 0.25) is 0 Å². The molecule has 0 saturated carbocycles. The highest BCUT2D eigenvalue weighted by atomic mass is 16.5. The molecule has 3 atom stereocenters. The zero-order valence-corrected chi connectivity index (χ0v) is 12.6. The van der Waals surface area contributed by atoms with Crippen LogP contribution in [0.3, 0.4) is 0 Å². The van der Waals surface area contributed by atoms with E-state index in [9.17, 15) is 5.26 Å². The van der Waals surface area contributed by atoms with Gasteiger partial charge in [-0.05, 0) is 18.7 Å². The summed E-state index contributed by atoms with van der Waals surface area (Å²) in [5, 5.41) is 10.1. The third-order valence-electron chi connectivity index (χ3n) is 5.11. The van der Waals surface area contributed by atoms with Gasteiger partial charge in [0, 0.05) is 18.0 Å². The fourth-order valence-corrected chi connectivity index (χ4v) is 4.13. The minimum absolute atomic E-state index is 0.0904. The standard InChI is InChI=1S/C19H18N2O/c1-21-11-16(14-7-3-2-4-8-14)19(12-20)13-22-17-10-6-5-9-15(17)18(19)21/h2-10,16,18H,11,13H2,1H3/t16-,18+,19+/m0/s1. The van der Waals surface area contributed by atoms with Gasteiger partial charge in [-0.3, -0.25) is 4.90 Å². The molecule has 0 bridgehead atoms. The van der Waals surface area contributed by atoms with Crippen molar-refractivity contribution in [2.45, 2.75) is 12.0 Å². The molecule has 0 aliphatic carbocycles. The number of hydrogen-bond donors (Lipinski definition) is 0. The third kappa shape index (κ3) is 1.71. The van der Waals surface area contributed by atoms with E-state index < -0.39 is 5.41 Å². The van der Waals surface area contributed by atoms with E-state index in [0.29, 0.717) is 6.61 Å². The van der Waals surface area contributed by atoms with Crippen LogP contribution in [0.4, 0.5) is 0 Å². The number of benzene rings is 2. The summed E-state index contributed by atoms with van der Waals surface area (Å²) in [7, 11) is 2.11. The van der Waals surface area contributed by atoms with Crippen molar-refractivity contribution in [3.8, 4) is 11.8 Å². The van der Waals surface area contributed by atoms with Crippen LogP contribution in [0.25, 0.3) is 0 Å². The highest BCUT2D eigenvalue weighted by Gasteiger charge is 2.57. The Morgan fingerprint density at radius 1 is 1.14 bits per heavy atom. The lowest BCUT2D eigenvalue weighted by Gasteiger charge is -2.39. The van der Waals surface area contributed by atoms with E-state index in [2.05, 4.69) is 36.2 Å². The van der Waals surface area contributed by atoms with Gasteiger partial charge in [-0.1, -0.05) is 48.5 Å². The number of likely N-dealkylation sites (tertiary alicyclic amines) is 1. The van der Waals surface area contributed by atoms with Gasteiger partial charge in [0.15, 0.2) is 0 Å². The highest BCUT2D eigenvalue weighted by Crippen LogP contribution is 2.57. The van der Waals surface area contributed by atoms with E-state index in [0.717, 1.165) is 17.9 Å². The van der Waals surface area contributed by atoms with Gasteiger partial charge < -0.3 is 4.74 Å². The topological polar surface area (TPSA) is 36.3 Å². The van der Waals surface area contributed by atoms with Crippen molar-refractivity contribution in [3.63, 3.8) is 0 Å². The van der Waals surface area contributed by atoms with Crippen LogP contribution < -0.4 is 4.74 Å². The van der Waals surface area contributed by atoms with Gasteiger partial charge in [0.05, 0.1) is 12.1 Å². The lowest BCUT2D eigenvalue weighted by molar-refractivity contribution is 0.107. The van der Waals surface area contributed by atoms with Gasteiger partial charge in [0.1, 0.15) is 17.8 Å². The molecule has 0 amide bonds. The molecule has 2 aromatic rings. The number of ether oxygens (including phenoxy) is 1. The Bertz CT molecular complexity index is 737. The van der Waals surface area contributed by atoms with Gasteiger partial charge in [-0.2, -0.15) is 5.26 Å². The van der Waals surface area contributed by atoms with E-state index in [4.69, 9.17) is 4.74 Å². The molecule has 22 heavy (non-hydrogen) atoms. The first-order chi connectivity index (χ1) is 10.8. The van der Waals surface area contributed by atoms with Crippen LogP contribution in [0.2, 0.25) is 0 Å². The van der Waals surface area contributed by atoms with Crippen molar-refractivity contribution < 1.29 is 4.74 Å². The first-order valence-electron chi connectivity index (χ1n) is 7.64. The molecular weight excluding hydrogens is 272 g/mol. The summed E-state index contributed by atoms with van der Waals surface area (Å²) in [5.74, 6) is 1.08. The molecule has 4 rings (SSSR count). The monoisotopic (exact) mass is 290 g/mol. The van der Waals surface area contributed by atoms with E-state index in [1.807, 2.05) is 36.4 Å². The molecule has 2 aromatic carbocycles. The maximum atomic E-state index is 10.1. The summed E-state index contributed by atoms with van der Waals surface area (Å²) < 4.78 is 5.98. The minimum atomic E-state index is -0.523. The maximum Gasteiger partial charge on any atom is 0.124 e. The molecule has 3 nitrogen and oxygen atoms in total. The van der Waals surface area contributed by atoms with Crippen molar-refractivity contribution in [3.05, 3.63) is 65.7 Å². The Morgan fingerprint density at radius 2 is 1.86 bits per heavy atom. The Balaban J connectivity index is 1.86. The Kier molecular flexibility index (Phi) is 2.95. The van der Waals surface area contributed by atoms with E-state index >= 15 is 0 Å². The molecule has 2 aliphatic heterocycles. The molecule has 0 N–H and O–H groups in total. The Labute approximate surface area is 130 Å². The largest absolute Gasteiger partial charge is 0.491 e. The quantitative estimate of drug-likeness (QED) is 0.808. The first-order valence-corrected chi connectivity index (χ1v) is 7.64. The molecule has 1 saturated heterocycles. The molecule has 2 aliphatic rings. The van der Waals surface area contributed by atoms with Crippen LogP contribution in [0.1, 0.15) is 23.1 Å². The highest BCUT2D eigenvalue weighted by molar-refractivity contribution is 5.45. The second-order valence-corrected chi connectivity index (χ2v) is 6.28. The zero-order chi connectivity index (χ0) is 15.2. The summed E-state index contributed by atoms with van der Waals surface area (Å²) in [5.41, 5.74) is 1.84. The predicted molar refractivity (Wildman–Crippen MR) is 84.5 cm³/mol. The number of hydrogen-bond acceptors (Lipinski definition) is 3. The predicted octanol–water partition coefficient (Wildman–Crippen LogP) is 3.36. The smallest absolute Gasteiger partial charge is 0.124 e. The molecule has 0 unspecified atom stereocenters. The molecule has 0 spiro atoms. The van der Waals surface area contributed by atoms with Gasteiger partial charge in [-0.15, -0.1) is 0 Å². The fraction of sp³-hybridized carbons (Fsp3) is 0.316. The normalized spacial score (nSPS) is 30.0. The molecule has 3 heteroatoms. The van der Waals surface area contributed by atoms with E-state index in [-0.39, 0.29) is 12.0 Å². The molecule has 1 fully saturated rings. The van der Waals surface area contributed by atoms with Gasteiger partial charge in [0.25, 0.3) is 0 Å². The Hall–Kier alpha value is -2.31. The van der Waals surface area contributed by atoms with E-state index in [1.54, 1.807) is 0 Å². The van der Waals surface area contributed by atoms with Crippen LogP contribution in [-0.2, 0) is 0 Å². The zero-order valence-electron chi connectivity index (χ0n) is 12.6. The molecule has 0 radical (unpaired) electrons. The third-order valence-corrected chi connectivity index (χ3v) is 5.11. The van der Waals surface area contributed by atoms with Crippen LogP contribution in [0.5, 0.6) is 5.75 Å². The maximum absolute atomic E-state index is 10.1. The lowest BCUT2D eigenvalue weighted by Crippen LogP contribution is -2.40. The minimum Gasteiger partial charge on any atom is -0.491 e. The summed E-state index contributed by atoms with van der Waals surface area (Å²) >= 11 is 0. The molecular formula is C19H18N2O. The van der Waals surface area contributed by atoms with Crippen molar-refractivity contribution in [1.82, 2.24) is 4.90 Å². The summed E-state index contributed by atoms with van der Waals surface area (Å²) in [6, 6.07) is 21.2. The van der Waals surface area contributed by atoms with Crippen molar-refractivity contribution in [2.24, 2.45) is 5.41 Å². The summed E-state index contributed by atoms with van der Waals surface area (Å²) in [4.78, 5) is 2.31. The lowest BCUT2D eigenvalue weighted by atomic mass is 9.69. The van der Waals surface area contributed by atoms with Crippen LogP contribution in [0.15, 0.2) is 54.6 Å². The number of para-hydroxylation sites is 1. The van der Waals surface area contributed by atoms with Gasteiger partial charge in [-0.25, -0.2) is 0 Å². The first kappa shape index (κ1) is 13.4. The van der Waals surface area contributed by atoms with Gasteiger partial charge >= 0.3 is 0 Å². The number of rotatable bonds is 1. The van der Waals surface area contributed by atoms with Crippen LogP contribution in [-0.4, -0.2) is 25.1 Å². The fourth-order valence-electron chi connectivity index (χ4n) is 4.13. The SMILES string of the molecule is CN1C[C@@H](c2ccccc2)[C@@]2(C#N)COc3ccccc3[C@@H]12. The molecule has 0 aromatic heterocycles. The second-order valence-electron chi connectivity index (χ2n) is 6.28. The second kappa shape index (κ2) is 4.86. The van der Waals surface area contributed by atoms with Crippen molar-refractivity contribution in [2.75, 3.05) is 20.2 Å². The van der Waals surface area contributed by atoms with Crippen LogP contribution >= 0.6 is 0 Å². The molecule has 2 heterocycles. The number of likely N-dealkylation sites (N-methyl/N-ethyl adjacent to an activating group) is 1. The van der Waals surface area contributed by atoms with Crippen molar-refractivity contribution in [1.29, 1.82) is 5.26 Å². The number of nitriles is 1. The van der Waals surface area contributed by atoms with Crippen LogP contribution in [0, 0.1) is 16.7 Å². The summed E-state index contributed by atoms with van der Waals surface area (Å²) in [6.07, 6.45) is 0. The number of fused-ring (bicyclic) bond motifs is 3. The van der Waals surface area contributed by atoms with E-state index in [1.165, 1.54) is 5.56 Å². The Morgan fingerprint density at radius 3 is 2.64 bits per heavy atom. The van der Waals surface area contributed by atoms with Crippen molar-refractivity contribution >= 4 is 0 Å². The number of nitrogens with zero attached hydrogens (tertiary/aromatic N) is 2. The average Bonchev–Trinajstić information content (AvgIpc) is 2.89. The summed E-state index contributed by atoms with van der Waals surface area (Å²) in [6.45, 7) is 1.33.